The number of rotatable bonds is 10. The van der Waals surface area contributed by atoms with Crippen molar-refractivity contribution in [3.8, 4) is 5.75 Å². The molecule has 1 aromatic heterocycles. The van der Waals surface area contributed by atoms with Gasteiger partial charge in [0.25, 0.3) is 5.91 Å². The summed E-state index contributed by atoms with van der Waals surface area (Å²) in [7, 11) is 1.64. The zero-order valence-corrected chi connectivity index (χ0v) is 16.4. The number of ether oxygens (including phenoxy) is 2. The Labute approximate surface area is 170 Å². The van der Waals surface area contributed by atoms with Crippen molar-refractivity contribution in [1.82, 2.24) is 10.3 Å². The second-order valence-electron chi connectivity index (χ2n) is 6.46. The van der Waals surface area contributed by atoms with Crippen LogP contribution in [0.4, 0.5) is 11.4 Å². The molecule has 3 rings (SSSR count). The number of hydrogen-bond acceptors (Lipinski definition) is 5. The lowest BCUT2D eigenvalue weighted by Crippen LogP contribution is -2.26. The molecule has 0 bridgehead atoms. The van der Waals surface area contributed by atoms with E-state index in [0.717, 1.165) is 29.1 Å². The number of carbonyl (C=O) groups excluding carboxylic acids is 1. The zero-order chi connectivity index (χ0) is 20.3. The SMILES string of the molecule is COCCCNC(=O)c1ccc(Nc2ccc(OCc3ccccc3)cc2)cn1. The highest BCUT2D eigenvalue weighted by Crippen LogP contribution is 2.20. The van der Waals surface area contributed by atoms with E-state index < -0.39 is 0 Å². The van der Waals surface area contributed by atoms with Gasteiger partial charge in [0.2, 0.25) is 0 Å². The molecule has 150 valence electrons. The number of carbonyl (C=O) groups is 1. The van der Waals surface area contributed by atoms with Crippen molar-refractivity contribution in [1.29, 1.82) is 0 Å². The standard InChI is InChI=1S/C23H25N3O3/c1-28-15-5-14-24-23(27)22-13-10-20(16-25-22)26-19-8-11-21(12-9-19)29-17-18-6-3-2-4-7-18/h2-4,6-13,16,26H,5,14-15,17H2,1H3,(H,24,27). The molecular weight excluding hydrogens is 366 g/mol. The van der Waals surface area contributed by atoms with Crippen LogP contribution in [0.2, 0.25) is 0 Å². The Kier molecular flexibility index (Phi) is 7.60. The first-order valence-corrected chi connectivity index (χ1v) is 9.51. The molecule has 0 atom stereocenters. The fourth-order valence-electron chi connectivity index (χ4n) is 2.65. The van der Waals surface area contributed by atoms with Gasteiger partial charge in [0, 0.05) is 25.9 Å². The zero-order valence-electron chi connectivity index (χ0n) is 16.4. The van der Waals surface area contributed by atoms with Crippen LogP contribution in [-0.4, -0.2) is 31.2 Å². The van der Waals surface area contributed by atoms with Gasteiger partial charge < -0.3 is 20.1 Å². The Morgan fingerprint density at radius 3 is 2.41 bits per heavy atom. The molecule has 2 aromatic carbocycles. The molecule has 0 saturated carbocycles. The minimum Gasteiger partial charge on any atom is -0.489 e. The van der Waals surface area contributed by atoms with Gasteiger partial charge in [-0.3, -0.25) is 4.79 Å². The summed E-state index contributed by atoms with van der Waals surface area (Å²) in [6.45, 7) is 1.71. The number of nitrogens with one attached hydrogen (secondary N) is 2. The van der Waals surface area contributed by atoms with Gasteiger partial charge in [-0.05, 0) is 48.4 Å². The van der Waals surface area contributed by atoms with Gasteiger partial charge in [-0.25, -0.2) is 4.98 Å². The van der Waals surface area contributed by atoms with Gasteiger partial charge in [-0.2, -0.15) is 0 Å². The summed E-state index contributed by atoms with van der Waals surface area (Å²) in [5, 5.41) is 6.08. The van der Waals surface area contributed by atoms with Crippen molar-refractivity contribution in [2.75, 3.05) is 25.6 Å². The minimum absolute atomic E-state index is 0.187. The Balaban J connectivity index is 1.49. The van der Waals surface area contributed by atoms with Crippen LogP contribution in [0.5, 0.6) is 5.75 Å². The van der Waals surface area contributed by atoms with E-state index in [-0.39, 0.29) is 5.91 Å². The largest absolute Gasteiger partial charge is 0.489 e. The van der Waals surface area contributed by atoms with Crippen LogP contribution < -0.4 is 15.4 Å². The third kappa shape index (κ3) is 6.62. The van der Waals surface area contributed by atoms with Gasteiger partial charge >= 0.3 is 0 Å². The Bertz CT molecular complexity index is 882. The average molecular weight is 391 g/mol. The van der Waals surface area contributed by atoms with E-state index in [1.807, 2.05) is 60.7 Å². The smallest absolute Gasteiger partial charge is 0.269 e. The minimum atomic E-state index is -0.187. The molecule has 0 radical (unpaired) electrons. The van der Waals surface area contributed by atoms with Gasteiger partial charge in [0.15, 0.2) is 0 Å². The molecule has 0 saturated heterocycles. The Morgan fingerprint density at radius 2 is 1.72 bits per heavy atom. The van der Waals surface area contributed by atoms with Crippen molar-refractivity contribution < 1.29 is 14.3 Å². The predicted octanol–water partition coefficient (Wildman–Crippen LogP) is 4.17. The van der Waals surface area contributed by atoms with Gasteiger partial charge in [-0.15, -0.1) is 0 Å². The molecule has 29 heavy (non-hydrogen) atoms. The summed E-state index contributed by atoms with van der Waals surface area (Å²) in [6, 6.07) is 21.3. The summed E-state index contributed by atoms with van der Waals surface area (Å²) in [5.74, 6) is 0.616. The van der Waals surface area contributed by atoms with Crippen molar-refractivity contribution in [3.63, 3.8) is 0 Å². The maximum absolute atomic E-state index is 12.0. The first kappa shape index (κ1) is 20.4. The summed E-state index contributed by atoms with van der Waals surface area (Å²) < 4.78 is 10.8. The van der Waals surface area contributed by atoms with Crippen LogP contribution in [-0.2, 0) is 11.3 Å². The van der Waals surface area contributed by atoms with Crippen molar-refractivity contribution in [2.24, 2.45) is 0 Å². The summed E-state index contributed by atoms with van der Waals surface area (Å²) in [6.07, 6.45) is 2.41. The molecule has 3 aromatic rings. The lowest BCUT2D eigenvalue weighted by molar-refractivity contribution is 0.0943. The third-order valence-corrected chi connectivity index (χ3v) is 4.20. The Hall–Kier alpha value is -3.38. The number of anilines is 2. The van der Waals surface area contributed by atoms with Crippen LogP contribution >= 0.6 is 0 Å². The van der Waals surface area contributed by atoms with E-state index in [0.29, 0.717) is 25.5 Å². The van der Waals surface area contributed by atoms with Gasteiger partial charge in [-0.1, -0.05) is 30.3 Å². The van der Waals surface area contributed by atoms with Gasteiger partial charge in [0.05, 0.1) is 11.9 Å². The molecule has 0 aliphatic carbocycles. The van der Waals surface area contributed by atoms with Crippen LogP contribution in [0, 0.1) is 0 Å². The molecule has 0 aliphatic heterocycles. The molecule has 0 fully saturated rings. The van der Waals surface area contributed by atoms with E-state index in [1.54, 1.807) is 19.4 Å². The molecule has 6 nitrogen and oxygen atoms in total. The van der Waals surface area contributed by atoms with E-state index in [4.69, 9.17) is 9.47 Å². The highest BCUT2D eigenvalue weighted by atomic mass is 16.5. The number of benzene rings is 2. The summed E-state index contributed by atoms with van der Waals surface area (Å²) in [4.78, 5) is 16.3. The summed E-state index contributed by atoms with van der Waals surface area (Å²) >= 11 is 0. The van der Waals surface area contributed by atoms with Crippen LogP contribution in [0.1, 0.15) is 22.5 Å². The molecule has 0 spiro atoms. The van der Waals surface area contributed by atoms with E-state index in [2.05, 4.69) is 15.6 Å². The molecule has 1 heterocycles. The van der Waals surface area contributed by atoms with Crippen LogP contribution in [0.25, 0.3) is 0 Å². The Morgan fingerprint density at radius 1 is 0.966 bits per heavy atom. The molecular formula is C23H25N3O3. The molecule has 0 unspecified atom stereocenters. The highest BCUT2D eigenvalue weighted by molar-refractivity contribution is 5.92. The lowest BCUT2D eigenvalue weighted by atomic mass is 10.2. The molecule has 2 N–H and O–H groups in total. The normalized spacial score (nSPS) is 10.4. The number of amides is 1. The van der Waals surface area contributed by atoms with Crippen molar-refractivity contribution in [3.05, 3.63) is 84.2 Å². The number of nitrogens with zero attached hydrogens (tertiary/aromatic N) is 1. The number of methoxy groups -OCH3 is 1. The average Bonchev–Trinajstić information content (AvgIpc) is 2.77. The molecule has 1 amide bonds. The number of aromatic nitrogens is 1. The predicted molar refractivity (Wildman–Crippen MR) is 114 cm³/mol. The van der Waals surface area contributed by atoms with Crippen molar-refractivity contribution >= 4 is 17.3 Å². The van der Waals surface area contributed by atoms with E-state index >= 15 is 0 Å². The van der Waals surface area contributed by atoms with Crippen LogP contribution in [0.3, 0.4) is 0 Å². The number of hydrogen-bond donors (Lipinski definition) is 2. The second kappa shape index (κ2) is 10.8. The highest BCUT2D eigenvalue weighted by Gasteiger charge is 2.06. The monoisotopic (exact) mass is 391 g/mol. The second-order valence-corrected chi connectivity index (χ2v) is 6.46. The lowest BCUT2D eigenvalue weighted by Gasteiger charge is -2.10. The fraction of sp³-hybridized carbons (Fsp3) is 0.217. The van der Waals surface area contributed by atoms with Crippen molar-refractivity contribution in [2.45, 2.75) is 13.0 Å². The van der Waals surface area contributed by atoms with Crippen LogP contribution in [0.15, 0.2) is 72.9 Å². The van der Waals surface area contributed by atoms with E-state index in [9.17, 15) is 4.79 Å². The maximum Gasteiger partial charge on any atom is 0.269 e. The fourth-order valence-corrected chi connectivity index (χ4v) is 2.65. The quantitative estimate of drug-likeness (QED) is 0.508. The first-order valence-electron chi connectivity index (χ1n) is 9.51. The first-order chi connectivity index (χ1) is 14.2. The molecule has 6 heteroatoms. The third-order valence-electron chi connectivity index (χ3n) is 4.20. The summed E-state index contributed by atoms with van der Waals surface area (Å²) in [5.41, 5.74) is 3.23. The maximum atomic E-state index is 12.0. The van der Waals surface area contributed by atoms with Gasteiger partial charge in [0.1, 0.15) is 18.1 Å². The van der Waals surface area contributed by atoms with E-state index in [1.165, 1.54) is 0 Å². The molecule has 0 aliphatic rings. The number of pyridine rings is 1. The topological polar surface area (TPSA) is 72.5 Å².